The van der Waals surface area contributed by atoms with Crippen molar-refractivity contribution >= 4 is 5.91 Å². The van der Waals surface area contributed by atoms with Gasteiger partial charge in [-0.1, -0.05) is 0 Å². The molecule has 0 spiro atoms. The molecule has 1 rings (SSSR count). The molecule has 0 aliphatic heterocycles. The van der Waals surface area contributed by atoms with Crippen LogP contribution in [-0.2, 0) is 6.18 Å². The van der Waals surface area contributed by atoms with Gasteiger partial charge in [0.05, 0.1) is 17.7 Å². The van der Waals surface area contributed by atoms with Gasteiger partial charge in [-0.05, 0) is 25.1 Å². The third-order valence-electron chi connectivity index (χ3n) is 2.08. The molecule has 1 N–H and O–H groups in total. The normalized spacial score (nSPS) is 11.1. The molecule has 1 aromatic carbocycles. The molecule has 94 valence electrons. The minimum absolute atomic E-state index is 0.0679. The van der Waals surface area contributed by atoms with Crippen molar-refractivity contribution in [2.24, 2.45) is 0 Å². The van der Waals surface area contributed by atoms with Gasteiger partial charge in [0.25, 0.3) is 5.91 Å². The van der Waals surface area contributed by atoms with Crippen LogP contribution in [0.4, 0.5) is 13.2 Å². The van der Waals surface area contributed by atoms with Crippen LogP contribution >= 0.6 is 0 Å². The largest absolute Gasteiger partial charge is 0.493 e. The molecule has 1 aromatic rings. The number of halogens is 3. The van der Waals surface area contributed by atoms with Crippen LogP contribution in [0.25, 0.3) is 0 Å². The molecule has 17 heavy (non-hydrogen) atoms. The van der Waals surface area contributed by atoms with Gasteiger partial charge in [0.2, 0.25) is 0 Å². The molecule has 0 aliphatic rings. The van der Waals surface area contributed by atoms with Crippen molar-refractivity contribution in [1.29, 1.82) is 0 Å². The predicted molar refractivity (Wildman–Crippen MR) is 56.0 cm³/mol. The highest BCUT2D eigenvalue weighted by Gasteiger charge is 2.31. The molecule has 3 nitrogen and oxygen atoms in total. The van der Waals surface area contributed by atoms with Crippen LogP contribution in [0.3, 0.4) is 0 Å². The number of hydrogen-bond acceptors (Lipinski definition) is 2. The molecule has 0 saturated heterocycles. The van der Waals surface area contributed by atoms with Gasteiger partial charge in [-0.2, -0.15) is 13.2 Å². The first-order chi connectivity index (χ1) is 7.90. The Bertz CT molecular complexity index is 416. The molecule has 1 amide bonds. The highest BCUT2D eigenvalue weighted by atomic mass is 19.4. The van der Waals surface area contributed by atoms with Gasteiger partial charge >= 0.3 is 6.18 Å². The number of hydrogen-bond donors (Lipinski definition) is 1. The molecule has 0 atom stereocenters. The van der Waals surface area contributed by atoms with E-state index >= 15 is 0 Å². The topological polar surface area (TPSA) is 38.3 Å². The van der Waals surface area contributed by atoms with Crippen LogP contribution in [0.5, 0.6) is 5.75 Å². The summed E-state index contributed by atoms with van der Waals surface area (Å²) in [6, 6.07) is 2.79. The molecule has 0 aromatic heterocycles. The summed E-state index contributed by atoms with van der Waals surface area (Å²) >= 11 is 0. The Morgan fingerprint density at radius 3 is 2.53 bits per heavy atom. The number of carbonyl (C=O) groups is 1. The quantitative estimate of drug-likeness (QED) is 0.891. The third kappa shape index (κ3) is 3.12. The van der Waals surface area contributed by atoms with E-state index in [1.807, 2.05) is 0 Å². The van der Waals surface area contributed by atoms with Crippen LogP contribution < -0.4 is 10.1 Å². The lowest BCUT2D eigenvalue weighted by Gasteiger charge is -2.12. The lowest BCUT2D eigenvalue weighted by atomic mass is 10.1. The zero-order chi connectivity index (χ0) is 13.1. The van der Waals surface area contributed by atoms with E-state index in [1.165, 1.54) is 7.05 Å². The van der Waals surface area contributed by atoms with E-state index in [4.69, 9.17) is 4.74 Å². The maximum Gasteiger partial charge on any atom is 0.416 e. The van der Waals surface area contributed by atoms with Crippen LogP contribution in [0.15, 0.2) is 18.2 Å². The van der Waals surface area contributed by atoms with Gasteiger partial charge < -0.3 is 10.1 Å². The number of carbonyl (C=O) groups excluding carboxylic acids is 1. The monoisotopic (exact) mass is 247 g/mol. The Kier molecular flexibility index (Phi) is 3.98. The Balaban J connectivity index is 3.21. The SMILES string of the molecule is CCOc1cc(C(F)(F)F)ccc1C(=O)NC. The smallest absolute Gasteiger partial charge is 0.416 e. The fourth-order valence-electron chi connectivity index (χ4n) is 1.30. The fourth-order valence-corrected chi connectivity index (χ4v) is 1.30. The highest BCUT2D eigenvalue weighted by molar-refractivity contribution is 5.96. The Morgan fingerprint density at radius 2 is 2.06 bits per heavy atom. The van der Waals surface area contributed by atoms with Crippen LogP contribution in [0, 0.1) is 0 Å². The summed E-state index contributed by atoms with van der Waals surface area (Å²) in [6.45, 7) is 1.82. The molecule has 6 heteroatoms. The zero-order valence-corrected chi connectivity index (χ0v) is 9.39. The summed E-state index contributed by atoms with van der Waals surface area (Å²) in [5, 5.41) is 2.34. The van der Waals surface area contributed by atoms with E-state index < -0.39 is 17.6 Å². The standard InChI is InChI=1S/C11H12F3NO2/c1-3-17-9-6-7(11(12,13)14)4-5-8(9)10(16)15-2/h4-6H,3H2,1-2H3,(H,15,16). The summed E-state index contributed by atoms with van der Waals surface area (Å²) in [5.41, 5.74) is -0.754. The van der Waals surface area contributed by atoms with Crippen LogP contribution in [0.1, 0.15) is 22.8 Å². The number of ether oxygens (including phenoxy) is 1. The fraction of sp³-hybridized carbons (Fsp3) is 0.364. The number of benzene rings is 1. The van der Waals surface area contributed by atoms with Gasteiger partial charge in [-0.3, -0.25) is 4.79 Å². The number of alkyl halides is 3. The Labute approximate surface area is 96.6 Å². The summed E-state index contributed by atoms with van der Waals surface area (Å²) in [7, 11) is 1.40. The summed E-state index contributed by atoms with van der Waals surface area (Å²) in [4.78, 5) is 11.4. The number of nitrogens with one attached hydrogen (secondary N) is 1. The average molecular weight is 247 g/mol. The lowest BCUT2D eigenvalue weighted by Crippen LogP contribution is -2.19. The summed E-state index contributed by atoms with van der Waals surface area (Å²) in [6.07, 6.45) is -4.45. The number of rotatable bonds is 3. The van der Waals surface area contributed by atoms with Crippen molar-refractivity contribution in [3.05, 3.63) is 29.3 Å². The van der Waals surface area contributed by atoms with E-state index in [0.717, 1.165) is 18.2 Å². The van der Waals surface area contributed by atoms with E-state index in [-0.39, 0.29) is 17.9 Å². The van der Waals surface area contributed by atoms with Crippen molar-refractivity contribution in [3.8, 4) is 5.75 Å². The van der Waals surface area contributed by atoms with Crippen LogP contribution in [-0.4, -0.2) is 19.6 Å². The van der Waals surface area contributed by atoms with E-state index in [1.54, 1.807) is 6.92 Å². The second kappa shape index (κ2) is 5.07. The molecule has 0 unspecified atom stereocenters. The summed E-state index contributed by atoms with van der Waals surface area (Å²) < 4.78 is 42.4. The van der Waals surface area contributed by atoms with E-state index in [2.05, 4.69) is 5.32 Å². The Hall–Kier alpha value is -1.72. The van der Waals surface area contributed by atoms with Crippen molar-refractivity contribution in [2.45, 2.75) is 13.1 Å². The average Bonchev–Trinajstić information content (AvgIpc) is 2.27. The maximum atomic E-state index is 12.5. The zero-order valence-electron chi connectivity index (χ0n) is 9.39. The van der Waals surface area contributed by atoms with Gasteiger partial charge in [0, 0.05) is 7.05 Å². The molecular formula is C11H12F3NO2. The highest BCUT2D eigenvalue weighted by Crippen LogP contribution is 2.33. The minimum atomic E-state index is -4.45. The van der Waals surface area contributed by atoms with Gasteiger partial charge in [0.1, 0.15) is 5.75 Å². The van der Waals surface area contributed by atoms with E-state index in [9.17, 15) is 18.0 Å². The predicted octanol–water partition coefficient (Wildman–Crippen LogP) is 2.46. The minimum Gasteiger partial charge on any atom is -0.493 e. The molecule has 0 heterocycles. The van der Waals surface area contributed by atoms with Crippen molar-refractivity contribution in [3.63, 3.8) is 0 Å². The molecule has 0 bridgehead atoms. The number of amides is 1. The molecule has 0 aliphatic carbocycles. The molecule has 0 fully saturated rings. The van der Waals surface area contributed by atoms with Crippen LogP contribution in [0.2, 0.25) is 0 Å². The maximum absolute atomic E-state index is 12.5. The summed E-state index contributed by atoms with van der Waals surface area (Å²) in [5.74, 6) is -0.552. The Morgan fingerprint density at radius 1 is 1.41 bits per heavy atom. The van der Waals surface area contributed by atoms with Gasteiger partial charge in [0.15, 0.2) is 0 Å². The second-order valence-corrected chi connectivity index (χ2v) is 3.22. The first-order valence-corrected chi connectivity index (χ1v) is 4.96. The molecular weight excluding hydrogens is 235 g/mol. The molecule has 0 saturated carbocycles. The van der Waals surface area contributed by atoms with Gasteiger partial charge in [-0.25, -0.2) is 0 Å². The van der Waals surface area contributed by atoms with Crippen molar-refractivity contribution in [1.82, 2.24) is 5.32 Å². The van der Waals surface area contributed by atoms with E-state index in [0.29, 0.717) is 0 Å². The lowest BCUT2D eigenvalue weighted by molar-refractivity contribution is -0.137. The van der Waals surface area contributed by atoms with Crippen molar-refractivity contribution in [2.75, 3.05) is 13.7 Å². The second-order valence-electron chi connectivity index (χ2n) is 3.22. The molecule has 0 radical (unpaired) electrons. The van der Waals surface area contributed by atoms with Gasteiger partial charge in [-0.15, -0.1) is 0 Å². The third-order valence-corrected chi connectivity index (χ3v) is 2.08. The van der Waals surface area contributed by atoms with Crippen molar-refractivity contribution < 1.29 is 22.7 Å². The first-order valence-electron chi connectivity index (χ1n) is 4.96. The first kappa shape index (κ1) is 13.3.